The van der Waals surface area contributed by atoms with Crippen LogP contribution in [0.25, 0.3) is 0 Å². The van der Waals surface area contributed by atoms with Gasteiger partial charge in [0.1, 0.15) is 0 Å². The molecule has 1 atom stereocenters. The quantitative estimate of drug-likeness (QED) is 0.862. The highest BCUT2D eigenvalue weighted by molar-refractivity contribution is 5.88. The lowest BCUT2D eigenvalue weighted by Crippen LogP contribution is -2.52. The van der Waals surface area contributed by atoms with Crippen LogP contribution in [0.15, 0.2) is 30.3 Å². The highest BCUT2D eigenvalue weighted by Crippen LogP contribution is 2.37. The van der Waals surface area contributed by atoms with Gasteiger partial charge in [0.2, 0.25) is 5.91 Å². The first-order chi connectivity index (χ1) is 10.0. The molecule has 2 saturated heterocycles. The Morgan fingerprint density at radius 1 is 1.19 bits per heavy atom. The summed E-state index contributed by atoms with van der Waals surface area (Å²) in [5.74, 6) is 0.188. The third-order valence-electron chi connectivity index (χ3n) is 4.93. The van der Waals surface area contributed by atoms with E-state index in [4.69, 9.17) is 0 Å². The SMILES string of the molecule is CC1(O)CCN(C(=O)C2(c3ccccc3)CCNCC2)C1. The number of carbonyl (C=O) groups excluding carboxylic acids is 1. The van der Waals surface area contributed by atoms with Crippen LogP contribution in [0.2, 0.25) is 0 Å². The number of benzene rings is 1. The van der Waals surface area contributed by atoms with Gasteiger partial charge in [-0.15, -0.1) is 0 Å². The number of rotatable bonds is 2. The molecule has 0 bridgehead atoms. The summed E-state index contributed by atoms with van der Waals surface area (Å²) in [4.78, 5) is 15.1. The predicted octanol–water partition coefficient (Wildman–Crippen LogP) is 1.29. The molecule has 4 nitrogen and oxygen atoms in total. The van der Waals surface area contributed by atoms with Gasteiger partial charge in [0, 0.05) is 13.1 Å². The fraction of sp³-hybridized carbons (Fsp3) is 0.588. The number of hydrogen-bond acceptors (Lipinski definition) is 3. The molecule has 0 aliphatic carbocycles. The Labute approximate surface area is 126 Å². The minimum Gasteiger partial charge on any atom is -0.388 e. The molecule has 2 N–H and O–H groups in total. The maximum Gasteiger partial charge on any atom is 0.233 e. The lowest BCUT2D eigenvalue weighted by Gasteiger charge is -2.39. The highest BCUT2D eigenvalue weighted by Gasteiger charge is 2.46. The highest BCUT2D eigenvalue weighted by atomic mass is 16.3. The third kappa shape index (κ3) is 2.70. The van der Waals surface area contributed by atoms with Gasteiger partial charge in [-0.1, -0.05) is 30.3 Å². The van der Waals surface area contributed by atoms with E-state index in [2.05, 4.69) is 17.4 Å². The van der Waals surface area contributed by atoms with Gasteiger partial charge >= 0.3 is 0 Å². The van der Waals surface area contributed by atoms with Crippen molar-refractivity contribution in [2.45, 2.75) is 37.2 Å². The van der Waals surface area contributed by atoms with E-state index in [0.717, 1.165) is 31.5 Å². The van der Waals surface area contributed by atoms with Crippen LogP contribution in [-0.4, -0.2) is 47.7 Å². The van der Waals surface area contributed by atoms with Crippen LogP contribution in [0.5, 0.6) is 0 Å². The second kappa shape index (κ2) is 5.43. The maximum absolute atomic E-state index is 13.2. The van der Waals surface area contributed by atoms with Crippen LogP contribution < -0.4 is 5.32 Å². The molecular formula is C17H24N2O2. The number of β-amino-alcohol motifs (C(OH)–C–C–N with tert-alkyl or cyclic N) is 1. The second-order valence-corrected chi connectivity index (χ2v) is 6.67. The van der Waals surface area contributed by atoms with Crippen molar-refractivity contribution in [1.82, 2.24) is 10.2 Å². The van der Waals surface area contributed by atoms with E-state index in [-0.39, 0.29) is 5.91 Å². The molecule has 2 heterocycles. The standard InChI is InChI=1S/C17H24N2O2/c1-16(21)9-12-19(13-16)15(20)17(7-10-18-11-8-17)14-5-3-2-4-6-14/h2-6,18,21H,7-13H2,1H3. The van der Waals surface area contributed by atoms with Gasteiger partial charge in [0.25, 0.3) is 0 Å². The van der Waals surface area contributed by atoms with Crippen molar-refractivity contribution in [3.63, 3.8) is 0 Å². The number of carbonyl (C=O) groups is 1. The summed E-state index contributed by atoms with van der Waals surface area (Å²) in [5, 5.41) is 13.5. The Balaban J connectivity index is 1.91. The predicted molar refractivity (Wildman–Crippen MR) is 82.0 cm³/mol. The molecular weight excluding hydrogens is 264 g/mol. The van der Waals surface area contributed by atoms with Gasteiger partial charge in [-0.25, -0.2) is 0 Å². The molecule has 1 amide bonds. The Kier molecular flexibility index (Phi) is 3.76. The molecule has 2 aliphatic rings. The van der Waals surface area contributed by atoms with E-state index < -0.39 is 11.0 Å². The first-order valence-corrected chi connectivity index (χ1v) is 7.82. The summed E-state index contributed by atoms with van der Waals surface area (Å²) < 4.78 is 0. The molecule has 21 heavy (non-hydrogen) atoms. The molecule has 2 fully saturated rings. The molecule has 2 aliphatic heterocycles. The zero-order valence-electron chi connectivity index (χ0n) is 12.6. The Morgan fingerprint density at radius 3 is 2.43 bits per heavy atom. The molecule has 0 spiro atoms. The van der Waals surface area contributed by atoms with Gasteiger partial charge in [-0.3, -0.25) is 4.79 Å². The van der Waals surface area contributed by atoms with Gasteiger partial charge < -0.3 is 15.3 Å². The minimum atomic E-state index is -0.736. The van der Waals surface area contributed by atoms with Gasteiger partial charge in [-0.2, -0.15) is 0 Å². The van der Waals surface area contributed by atoms with Crippen molar-refractivity contribution >= 4 is 5.91 Å². The van der Waals surface area contributed by atoms with Gasteiger partial charge in [0.05, 0.1) is 11.0 Å². The smallest absolute Gasteiger partial charge is 0.233 e. The van der Waals surface area contributed by atoms with Crippen LogP contribution in [0, 0.1) is 0 Å². The van der Waals surface area contributed by atoms with Gasteiger partial charge in [-0.05, 0) is 44.8 Å². The number of nitrogens with zero attached hydrogens (tertiary/aromatic N) is 1. The summed E-state index contributed by atoms with van der Waals surface area (Å²) in [6, 6.07) is 10.1. The van der Waals surface area contributed by atoms with E-state index >= 15 is 0 Å². The number of piperidine rings is 1. The number of hydrogen-bond donors (Lipinski definition) is 2. The molecule has 3 rings (SSSR count). The summed E-state index contributed by atoms with van der Waals surface area (Å²) in [5.41, 5.74) is -0.0454. The lowest BCUT2D eigenvalue weighted by atomic mass is 9.72. The maximum atomic E-state index is 13.2. The molecule has 1 aromatic rings. The Morgan fingerprint density at radius 2 is 1.86 bits per heavy atom. The van der Waals surface area contributed by atoms with Crippen LogP contribution in [0.1, 0.15) is 31.7 Å². The van der Waals surface area contributed by atoms with Crippen molar-refractivity contribution in [2.24, 2.45) is 0 Å². The fourth-order valence-electron chi connectivity index (χ4n) is 3.66. The molecule has 0 aromatic heterocycles. The van der Waals surface area contributed by atoms with Crippen LogP contribution in [-0.2, 0) is 10.2 Å². The van der Waals surface area contributed by atoms with Crippen molar-refractivity contribution in [3.8, 4) is 0 Å². The summed E-state index contributed by atoms with van der Waals surface area (Å²) in [6.07, 6.45) is 2.32. The van der Waals surface area contributed by atoms with E-state index in [1.807, 2.05) is 30.0 Å². The van der Waals surface area contributed by atoms with Crippen molar-refractivity contribution in [2.75, 3.05) is 26.2 Å². The molecule has 114 valence electrons. The average Bonchev–Trinajstić information content (AvgIpc) is 2.88. The molecule has 0 radical (unpaired) electrons. The zero-order chi connectivity index (χ0) is 14.9. The monoisotopic (exact) mass is 288 g/mol. The number of likely N-dealkylation sites (tertiary alicyclic amines) is 1. The normalized spacial score (nSPS) is 28.6. The molecule has 1 unspecified atom stereocenters. The molecule has 4 heteroatoms. The first-order valence-electron chi connectivity index (χ1n) is 7.82. The first kappa shape index (κ1) is 14.5. The second-order valence-electron chi connectivity index (χ2n) is 6.67. The molecule has 0 saturated carbocycles. The van der Waals surface area contributed by atoms with Crippen molar-refractivity contribution in [3.05, 3.63) is 35.9 Å². The van der Waals surface area contributed by atoms with E-state index in [1.165, 1.54) is 0 Å². The van der Waals surface area contributed by atoms with Crippen LogP contribution in [0.4, 0.5) is 0 Å². The van der Waals surface area contributed by atoms with E-state index in [1.54, 1.807) is 0 Å². The fourth-order valence-corrected chi connectivity index (χ4v) is 3.66. The van der Waals surface area contributed by atoms with Gasteiger partial charge in [0.15, 0.2) is 0 Å². The summed E-state index contributed by atoms with van der Waals surface area (Å²) in [7, 11) is 0. The van der Waals surface area contributed by atoms with E-state index in [9.17, 15) is 9.90 Å². The summed E-state index contributed by atoms with van der Waals surface area (Å²) >= 11 is 0. The van der Waals surface area contributed by atoms with Crippen LogP contribution in [0.3, 0.4) is 0 Å². The zero-order valence-corrected chi connectivity index (χ0v) is 12.6. The van der Waals surface area contributed by atoms with Crippen molar-refractivity contribution in [1.29, 1.82) is 0 Å². The summed E-state index contributed by atoms with van der Waals surface area (Å²) in [6.45, 7) is 4.66. The Bertz CT molecular complexity index is 507. The number of nitrogens with one attached hydrogen (secondary N) is 1. The average molecular weight is 288 g/mol. The van der Waals surface area contributed by atoms with Crippen LogP contribution >= 0.6 is 0 Å². The van der Waals surface area contributed by atoms with E-state index in [0.29, 0.717) is 19.5 Å². The van der Waals surface area contributed by atoms with Crippen molar-refractivity contribution < 1.29 is 9.90 Å². The minimum absolute atomic E-state index is 0.188. The topological polar surface area (TPSA) is 52.6 Å². The third-order valence-corrected chi connectivity index (χ3v) is 4.93. The Hall–Kier alpha value is -1.39. The lowest BCUT2D eigenvalue weighted by molar-refractivity contribution is -0.138. The number of aliphatic hydroxyl groups is 1. The number of amides is 1. The molecule has 1 aromatic carbocycles. The largest absolute Gasteiger partial charge is 0.388 e.